The van der Waals surface area contributed by atoms with Crippen LogP contribution in [0.3, 0.4) is 0 Å². The average molecular weight is 238 g/mol. The summed E-state index contributed by atoms with van der Waals surface area (Å²) in [6, 6.07) is 9.65. The Morgan fingerprint density at radius 1 is 1.11 bits per heavy atom. The van der Waals surface area contributed by atoms with E-state index in [9.17, 15) is 4.79 Å². The van der Waals surface area contributed by atoms with Crippen LogP contribution in [-0.2, 0) is 0 Å². The minimum atomic E-state index is -0.241. The molecule has 18 heavy (non-hydrogen) atoms. The molecule has 2 aromatic rings. The van der Waals surface area contributed by atoms with Crippen LogP contribution in [0.5, 0.6) is 0 Å². The van der Waals surface area contributed by atoms with Crippen LogP contribution in [0.4, 0.5) is 0 Å². The van der Waals surface area contributed by atoms with Gasteiger partial charge in [-0.1, -0.05) is 30.3 Å². The second-order valence-corrected chi connectivity index (χ2v) is 3.79. The smallest absolute Gasteiger partial charge is 0.273 e. The Balaban J connectivity index is 2.10. The van der Waals surface area contributed by atoms with E-state index in [1.165, 1.54) is 6.20 Å². The predicted molar refractivity (Wildman–Crippen MR) is 67.1 cm³/mol. The first-order valence-electron chi connectivity index (χ1n) is 5.49. The number of fused-ring (bicyclic) bond motifs is 1. The average Bonchev–Trinajstić information content (AvgIpc) is 2.61. The fourth-order valence-corrected chi connectivity index (χ4v) is 1.72. The summed E-state index contributed by atoms with van der Waals surface area (Å²) in [6.45, 7) is 0. The number of carbonyl (C=O) groups excluding carboxylic acids is 1. The fraction of sp³-hybridized carbons (Fsp3) is 0. The molecule has 1 aliphatic heterocycles. The number of aromatic nitrogens is 2. The van der Waals surface area contributed by atoms with Gasteiger partial charge in [-0.2, -0.15) is 0 Å². The van der Waals surface area contributed by atoms with Crippen molar-refractivity contribution in [3.63, 3.8) is 0 Å². The zero-order chi connectivity index (χ0) is 12.4. The van der Waals surface area contributed by atoms with E-state index >= 15 is 0 Å². The zero-order valence-corrected chi connectivity index (χ0v) is 9.42. The molecule has 2 heterocycles. The van der Waals surface area contributed by atoms with E-state index < -0.39 is 0 Å². The van der Waals surface area contributed by atoms with Crippen LogP contribution in [0.1, 0.15) is 16.1 Å². The van der Waals surface area contributed by atoms with Crippen molar-refractivity contribution in [2.24, 2.45) is 0 Å². The van der Waals surface area contributed by atoms with Crippen LogP contribution in [0, 0.1) is 0 Å². The first kappa shape index (κ1) is 10.5. The van der Waals surface area contributed by atoms with Crippen molar-refractivity contribution >= 4 is 12.0 Å². The number of hydrazine groups is 1. The maximum absolute atomic E-state index is 11.7. The van der Waals surface area contributed by atoms with Gasteiger partial charge in [-0.05, 0) is 6.08 Å². The number of hydrogen-bond acceptors (Lipinski definition) is 4. The summed E-state index contributed by atoms with van der Waals surface area (Å²) in [5.41, 5.74) is 7.14. The molecule has 0 aliphatic carbocycles. The summed E-state index contributed by atoms with van der Waals surface area (Å²) < 4.78 is 0. The molecule has 0 bridgehead atoms. The lowest BCUT2D eigenvalue weighted by atomic mass is 10.1. The van der Waals surface area contributed by atoms with E-state index in [1.54, 1.807) is 12.3 Å². The lowest BCUT2D eigenvalue weighted by Crippen LogP contribution is -2.32. The number of carbonyl (C=O) groups is 1. The van der Waals surface area contributed by atoms with E-state index in [2.05, 4.69) is 20.8 Å². The number of benzene rings is 1. The molecule has 0 spiro atoms. The largest absolute Gasteiger partial charge is 0.306 e. The van der Waals surface area contributed by atoms with Gasteiger partial charge in [-0.3, -0.25) is 10.2 Å². The predicted octanol–water partition coefficient (Wildman–Crippen LogP) is 1.36. The monoisotopic (exact) mass is 238 g/mol. The molecule has 0 unspecified atom stereocenters. The molecule has 88 valence electrons. The first-order chi connectivity index (χ1) is 8.84. The number of amides is 1. The third-order valence-corrected chi connectivity index (χ3v) is 2.61. The topological polar surface area (TPSA) is 66.9 Å². The minimum Gasteiger partial charge on any atom is -0.306 e. The lowest BCUT2D eigenvalue weighted by molar-refractivity contribution is 0.0941. The number of hydrogen-bond donors (Lipinski definition) is 2. The minimum absolute atomic E-state index is 0.241. The number of rotatable bonds is 1. The molecule has 0 radical (unpaired) electrons. The van der Waals surface area contributed by atoms with Gasteiger partial charge < -0.3 is 5.43 Å². The number of nitrogens with one attached hydrogen (secondary N) is 2. The van der Waals surface area contributed by atoms with Crippen LogP contribution in [-0.4, -0.2) is 15.9 Å². The fourth-order valence-electron chi connectivity index (χ4n) is 1.72. The Bertz CT molecular complexity index is 622. The molecule has 0 saturated heterocycles. The molecular weight excluding hydrogens is 228 g/mol. The second-order valence-electron chi connectivity index (χ2n) is 3.79. The van der Waals surface area contributed by atoms with Crippen LogP contribution >= 0.6 is 0 Å². The Kier molecular flexibility index (Phi) is 2.49. The van der Waals surface area contributed by atoms with E-state index in [4.69, 9.17) is 0 Å². The Morgan fingerprint density at radius 2 is 1.94 bits per heavy atom. The maximum Gasteiger partial charge on any atom is 0.273 e. The van der Waals surface area contributed by atoms with E-state index in [0.717, 1.165) is 5.56 Å². The highest BCUT2D eigenvalue weighted by molar-refractivity contribution is 5.97. The molecular formula is C13H10N4O. The van der Waals surface area contributed by atoms with Crippen molar-refractivity contribution in [3.8, 4) is 11.4 Å². The molecule has 1 aromatic carbocycles. The quantitative estimate of drug-likeness (QED) is 0.787. The van der Waals surface area contributed by atoms with Crippen molar-refractivity contribution in [1.29, 1.82) is 0 Å². The Labute approximate surface area is 104 Å². The second kappa shape index (κ2) is 4.29. The normalized spacial score (nSPS) is 13.2. The molecule has 3 rings (SSSR count). The standard InChI is InChI=1S/C13H10N4O/c18-13-10-8-14-12(9-4-2-1-3-5-9)16-11(10)6-7-15-17-13/h1-8,15H,(H,17,18). The van der Waals surface area contributed by atoms with Gasteiger partial charge in [0.25, 0.3) is 5.91 Å². The Morgan fingerprint density at radius 3 is 2.78 bits per heavy atom. The van der Waals surface area contributed by atoms with Crippen molar-refractivity contribution in [2.45, 2.75) is 0 Å². The molecule has 0 fully saturated rings. The summed E-state index contributed by atoms with van der Waals surface area (Å²) in [6.07, 6.45) is 4.91. The molecule has 5 nitrogen and oxygen atoms in total. The number of nitrogens with zero attached hydrogens (tertiary/aromatic N) is 2. The molecule has 0 atom stereocenters. The van der Waals surface area contributed by atoms with E-state index in [1.807, 2.05) is 30.3 Å². The van der Waals surface area contributed by atoms with Gasteiger partial charge in [0.05, 0.1) is 11.3 Å². The summed E-state index contributed by atoms with van der Waals surface area (Å²) in [7, 11) is 0. The van der Waals surface area contributed by atoms with Crippen LogP contribution in [0.2, 0.25) is 0 Å². The van der Waals surface area contributed by atoms with Gasteiger partial charge in [0, 0.05) is 18.0 Å². The molecule has 0 saturated carbocycles. The van der Waals surface area contributed by atoms with Gasteiger partial charge in [0.15, 0.2) is 5.82 Å². The van der Waals surface area contributed by atoms with E-state index in [0.29, 0.717) is 17.1 Å². The van der Waals surface area contributed by atoms with Gasteiger partial charge in [-0.15, -0.1) is 0 Å². The molecule has 1 amide bonds. The summed E-state index contributed by atoms with van der Waals surface area (Å²) >= 11 is 0. The zero-order valence-electron chi connectivity index (χ0n) is 9.42. The summed E-state index contributed by atoms with van der Waals surface area (Å²) in [4.78, 5) is 20.3. The SMILES string of the molecule is O=C1NNC=Cc2nc(-c3ccccc3)ncc21. The van der Waals surface area contributed by atoms with Gasteiger partial charge >= 0.3 is 0 Å². The highest BCUT2D eigenvalue weighted by Crippen LogP contribution is 2.17. The third-order valence-electron chi connectivity index (χ3n) is 2.61. The highest BCUT2D eigenvalue weighted by atomic mass is 16.2. The first-order valence-corrected chi connectivity index (χ1v) is 5.49. The van der Waals surface area contributed by atoms with Crippen LogP contribution < -0.4 is 10.9 Å². The van der Waals surface area contributed by atoms with E-state index in [-0.39, 0.29) is 5.91 Å². The Hall–Kier alpha value is -2.69. The van der Waals surface area contributed by atoms with Crippen molar-refractivity contribution in [1.82, 2.24) is 20.8 Å². The maximum atomic E-state index is 11.7. The molecule has 5 heteroatoms. The third kappa shape index (κ3) is 1.82. The van der Waals surface area contributed by atoms with Crippen molar-refractivity contribution < 1.29 is 4.79 Å². The highest BCUT2D eigenvalue weighted by Gasteiger charge is 2.14. The summed E-state index contributed by atoms with van der Waals surface area (Å²) in [5, 5.41) is 0. The van der Waals surface area contributed by atoms with Crippen molar-refractivity contribution in [3.05, 3.63) is 54.0 Å². The molecule has 1 aromatic heterocycles. The van der Waals surface area contributed by atoms with Crippen LogP contribution in [0.15, 0.2) is 42.7 Å². The summed E-state index contributed by atoms with van der Waals surface area (Å²) in [5.74, 6) is 0.364. The van der Waals surface area contributed by atoms with Crippen LogP contribution in [0.25, 0.3) is 17.5 Å². The van der Waals surface area contributed by atoms with Crippen molar-refractivity contribution in [2.75, 3.05) is 0 Å². The van der Waals surface area contributed by atoms with Gasteiger partial charge in [0.1, 0.15) is 0 Å². The molecule has 1 aliphatic rings. The van der Waals surface area contributed by atoms with Gasteiger partial charge in [0.2, 0.25) is 0 Å². The molecule has 2 N–H and O–H groups in total. The van der Waals surface area contributed by atoms with Gasteiger partial charge in [-0.25, -0.2) is 9.97 Å². The lowest BCUT2D eigenvalue weighted by Gasteiger charge is -2.05.